The van der Waals surface area contributed by atoms with E-state index in [9.17, 15) is 8.42 Å². The largest absolute Gasteiger partial charge is 0.382 e. The Morgan fingerprint density at radius 2 is 2.00 bits per heavy atom. The number of fused-ring (bicyclic) bond motifs is 3. The summed E-state index contributed by atoms with van der Waals surface area (Å²) in [6.45, 7) is 5.07. The number of nitrogen functional groups attached to an aromatic ring is 1. The van der Waals surface area contributed by atoms with E-state index < -0.39 is 10.0 Å². The van der Waals surface area contributed by atoms with E-state index in [0.717, 1.165) is 16.4 Å². The maximum Gasteiger partial charge on any atom is 0.211 e. The first-order valence-corrected chi connectivity index (χ1v) is 10.2. The van der Waals surface area contributed by atoms with Gasteiger partial charge in [0.15, 0.2) is 5.82 Å². The molecule has 0 aliphatic rings. The van der Waals surface area contributed by atoms with Gasteiger partial charge in [-0.25, -0.2) is 23.1 Å². The van der Waals surface area contributed by atoms with Crippen LogP contribution in [0.5, 0.6) is 0 Å². The highest BCUT2D eigenvalue weighted by molar-refractivity contribution is 7.89. The number of para-hydroxylation sites is 1. The van der Waals surface area contributed by atoms with Gasteiger partial charge in [0.05, 0.1) is 16.8 Å². The fourth-order valence-corrected chi connectivity index (χ4v) is 3.47. The molecule has 0 bridgehead atoms. The van der Waals surface area contributed by atoms with Crippen LogP contribution in [0.1, 0.15) is 19.7 Å². The predicted octanol–water partition coefficient (Wildman–Crippen LogP) is 1.64. The maximum absolute atomic E-state index is 11.7. The van der Waals surface area contributed by atoms with E-state index in [2.05, 4.69) is 14.7 Å². The minimum absolute atomic E-state index is 0.0449. The van der Waals surface area contributed by atoms with Gasteiger partial charge in [-0.15, -0.1) is 0 Å². The van der Waals surface area contributed by atoms with Crippen molar-refractivity contribution in [2.24, 2.45) is 0 Å². The third-order valence-corrected chi connectivity index (χ3v) is 5.57. The highest BCUT2D eigenvalue weighted by Crippen LogP contribution is 2.28. The third-order valence-electron chi connectivity index (χ3n) is 4.16. The standard InChI is InChI=1S/C17H23N5O3S/c1-3-25-11-14-21-15-16(22(14)10-9-19-26(23,24)4-2)12-7-5-6-8-13(12)20-17(15)18/h5-8,19H,3-4,9-11H2,1-2H3,(H2,18,20). The summed E-state index contributed by atoms with van der Waals surface area (Å²) in [4.78, 5) is 9.03. The normalized spacial score (nSPS) is 12.2. The Hall–Kier alpha value is -2.23. The van der Waals surface area contributed by atoms with Crippen molar-refractivity contribution in [1.82, 2.24) is 19.3 Å². The first kappa shape index (κ1) is 18.6. The Kier molecular flexibility index (Phi) is 5.40. The molecule has 0 radical (unpaired) electrons. The molecule has 1 aromatic carbocycles. The highest BCUT2D eigenvalue weighted by atomic mass is 32.2. The van der Waals surface area contributed by atoms with Crippen LogP contribution in [0.25, 0.3) is 21.9 Å². The number of nitrogens with two attached hydrogens (primary N) is 1. The summed E-state index contributed by atoms with van der Waals surface area (Å²) in [6.07, 6.45) is 0. The van der Waals surface area contributed by atoms with Crippen LogP contribution >= 0.6 is 0 Å². The van der Waals surface area contributed by atoms with Crippen LogP contribution in [-0.4, -0.2) is 41.9 Å². The van der Waals surface area contributed by atoms with Crippen molar-refractivity contribution in [2.75, 3.05) is 24.6 Å². The van der Waals surface area contributed by atoms with Gasteiger partial charge in [0.2, 0.25) is 10.0 Å². The number of benzene rings is 1. The van der Waals surface area contributed by atoms with Gasteiger partial charge >= 0.3 is 0 Å². The molecule has 26 heavy (non-hydrogen) atoms. The molecule has 0 saturated carbocycles. The van der Waals surface area contributed by atoms with Crippen molar-refractivity contribution < 1.29 is 13.2 Å². The lowest BCUT2D eigenvalue weighted by Crippen LogP contribution is -2.29. The fraction of sp³-hybridized carbons (Fsp3) is 0.412. The van der Waals surface area contributed by atoms with Gasteiger partial charge in [0.1, 0.15) is 17.9 Å². The number of nitrogens with zero attached hydrogens (tertiary/aromatic N) is 3. The van der Waals surface area contributed by atoms with Crippen LogP contribution in [0.4, 0.5) is 5.82 Å². The third kappa shape index (κ3) is 3.64. The van der Waals surface area contributed by atoms with Crippen molar-refractivity contribution in [3.05, 3.63) is 30.1 Å². The summed E-state index contributed by atoms with van der Waals surface area (Å²) in [5.41, 5.74) is 8.34. The SMILES string of the molecule is CCOCc1nc2c(N)nc3ccccc3c2n1CCNS(=O)(=O)CC. The summed E-state index contributed by atoms with van der Waals surface area (Å²) >= 11 is 0. The zero-order valence-corrected chi connectivity index (χ0v) is 15.7. The molecule has 3 aromatic rings. The maximum atomic E-state index is 11.7. The Morgan fingerprint density at radius 3 is 2.73 bits per heavy atom. The van der Waals surface area contributed by atoms with Gasteiger partial charge in [-0.05, 0) is 19.9 Å². The van der Waals surface area contributed by atoms with E-state index in [4.69, 9.17) is 10.5 Å². The van der Waals surface area contributed by atoms with Crippen molar-refractivity contribution in [2.45, 2.75) is 27.0 Å². The first-order chi connectivity index (χ1) is 12.5. The van der Waals surface area contributed by atoms with Crippen molar-refractivity contribution >= 4 is 37.8 Å². The molecule has 0 aliphatic carbocycles. The van der Waals surface area contributed by atoms with Crippen LogP contribution < -0.4 is 10.5 Å². The zero-order chi connectivity index (χ0) is 18.7. The Morgan fingerprint density at radius 1 is 1.23 bits per heavy atom. The second-order valence-electron chi connectivity index (χ2n) is 5.83. The molecular formula is C17H23N5O3S. The smallest absolute Gasteiger partial charge is 0.211 e. The molecule has 3 rings (SSSR count). The number of aromatic nitrogens is 3. The molecule has 0 saturated heterocycles. The Bertz CT molecular complexity index is 1030. The molecule has 9 heteroatoms. The zero-order valence-electron chi connectivity index (χ0n) is 14.9. The molecular weight excluding hydrogens is 354 g/mol. The van der Waals surface area contributed by atoms with Crippen LogP contribution in [0.3, 0.4) is 0 Å². The summed E-state index contributed by atoms with van der Waals surface area (Å²) in [5.74, 6) is 1.09. The lowest BCUT2D eigenvalue weighted by molar-refractivity contribution is 0.126. The number of imidazole rings is 1. The minimum Gasteiger partial charge on any atom is -0.382 e. The van der Waals surface area contributed by atoms with E-state index in [1.54, 1.807) is 6.92 Å². The molecule has 0 spiro atoms. The molecule has 0 fully saturated rings. The number of pyridine rings is 1. The van der Waals surface area contributed by atoms with E-state index in [0.29, 0.717) is 36.9 Å². The van der Waals surface area contributed by atoms with Crippen LogP contribution in [0, 0.1) is 0 Å². The van der Waals surface area contributed by atoms with Gasteiger partial charge in [-0.1, -0.05) is 18.2 Å². The summed E-state index contributed by atoms with van der Waals surface area (Å²) in [7, 11) is -3.26. The van der Waals surface area contributed by atoms with Gasteiger partial charge in [-0.2, -0.15) is 0 Å². The number of rotatable bonds is 8. The van der Waals surface area contributed by atoms with Crippen molar-refractivity contribution in [3.8, 4) is 0 Å². The van der Waals surface area contributed by atoms with Crippen molar-refractivity contribution in [3.63, 3.8) is 0 Å². The molecule has 0 unspecified atom stereocenters. The topological polar surface area (TPSA) is 112 Å². The summed E-state index contributed by atoms with van der Waals surface area (Å²) < 4.78 is 33.5. The summed E-state index contributed by atoms with van der Waals surface area (Å²) in [6, 6.07) is 7.68. The molecule has 3 N–H and O–H groups in total. The Balaban J connectivity index is 2.10. The van der Waals surface area contributed by atoms with Crippen LogP contribution in [-0.2, 0) is 27.9 Å². The number of anilines is 1. The van der Waals surface area contributed by atoms with E-state index in [1.807, 2.05) is 35.8 Å². The van der Waals surface area contributed by atoms with E-state index in [-0.39, 0.29) is 12.3 Å². The molecule has 0 amide bonds. The van der Waals surface area contributed by atoms with Gasteiger partial charge in [0.25, 0.3) is 0 Å². The second kappa shape index (κ2) is 7.56. The molecule has 2 aromatic heterocycles. The number of ether oxygens (including phenoxy) is 1. The number of nitrogens with one attached hydrogen (secondary N) is 1. The molecule has 0 aliphatic heterocycles. The number of sulfonamides is 1. The highest BCUT2D eigenvalue weighted by Gasteiger charge is 2.17. The molecule has 8 nitrogen and oxygen atoms in total. The lowest BCUT2D eigenvalue weighted by Gasteiger charge is -2.11. The monoisotopic (exact) mass is 377 g/mol. The van der Waals surface area contributed by atoms with Crippen molar-refractivity contribution in [1.29, 1.82) is 0 Å². The molecule has 140 valence electrons. The van der Waals surface area contributed by atoms with Crippen LogP contribution in [0.2, 0.25) is 0 Å². The summed E-state index contributed by atoms with van der Waals surface area (Å²) in [5, 5.41) is 0.922. The number of hydrogen-bond acceptors (Lipinski definition) is 6. The quantitative estimate of drug-likeness (QED) is 0.617. The van der Waals surface area contributed by atoms with Gasteiger partial charge in [0, 0.05) is 25.1 Å². The minimum atomic E-state index is -3.26. The molecule has 0 atom stereocenters. The average molecular weight is 377 g/mol. The van der Waals surface area contributed by atoms with E-state index >= 15 is 0 Å². The van der Waals surface area contributed by atoms with Gasteiger partial charge < -0.3 is 15.0 Å². The van der Waals surface area contributed by atoms with E-state index in [1.165, 1.54) is 0 Å². The fourth-order valence-electron chi connectivity index (χ4n) is 2.86. The predicted molar refractivity (Wildman–Crippen MR) is 102 cm³/mol. The first-order valence-electron chi connectivity index (χ1n) is 8.55. The Labute approximate surface area is 152 Å². The lowest BCUT2D eigenvalue weighted by atomic mass is 10.2. The van der Waals surface area contributed by atoms with Gasteiger partial charge in [-0.3, -0.25) is 0 Å². The average Bonchev–Trinajstić information content (AvgIpc) is 2.99. The number of hydrogen-bond donors (Lipinski definition) is 2. The van der Waals surface area contributed by atoms with Crippen LogP contribution in [0.15, 0.2) is 24.3 Å². The molecule has 2 heterocycles. The second-order valence-corrected chi connectivity index (χ2v) is 7.92.